The van der Waals surface area contributed by atoms with Crippen LogP contribution in [-0.4, -0.2) is 23.7 Å². The van der Waals surface area contributed by atoms with Crippen LogP contribution in [0.5, 0.6) is 0 Å². The average molecular weight is 384 g/mol. The van der Waals surface area contributed by atoms with Gasteiger partial charge in [0.1, 0.15) is 5.25 Å². The molecule has 2 rings (SSSR count). The van der Waals surface area contributed by atoms with Crippen molar-refractivity contribution in [2.24, 2.45) is 0 Å². The molecule has 4 nitrogen and oxygen atoms in total. The number of hydrogen-bond donors (Lipinski definition) is 1. The predicted octanol–water partition coefficient (Wildman–Crippen LogP) is 4.66. The highest BCUT2D eigenvalue weighted by atomic mass is 35.5. The largest absolute Gasteiger partial charge is 0.455 e. The van der Waals surface area contributed by atoms with E-state index >= 15 is 0 Å². The summed E-state index contributed by atoms with van der Waals surface area (Å²) in [6.45, 7) is 1.34. The smallest absolute Gasteiger partial charge is 0.319 e. The highest BCUT2D eigenvalue weighted by molar-refractivity contribution is 8.00. The molecule has 24 heavy (non-hydrogen) atoms. The Hall–Kier alpha value is -1.69. The molecule has 1 N–H and O–H groups in total. The molecule has 0 radical (unpaired) electrons. The Morgan fingerprint density at radius 3 is 2.58 bits per heavy atom. The number of anilines is 1. The van der Waals surface area contributed by atoms with E-state index in [1.165, 1.54) is 17.8 Å². The molecule has 0 spiro atoms. The molecule has 2 aromatic rings. The van der Waals surface area contributed by atoms with E-state index in [1.807, 2.05) is 30.3 Å². The third kappa shape index (κ3) is 5.74. The molecule has 0 aromatic heterocycles. The molecular weight excluding hydrogens is 369 g/mol. The van der Waals surface area contributed by atoms with Crippen LogP contribution in [-0.2, 0) is 14.3 Å². The van der Waals surface area contributed by atoms with Gasteiger partial charge in [-0.05, 0) is 37.3 Å². The summed E-state index contributed by atoms with van der Waals surface area (Å²) in [5, 5.41) is 2.93. The molecule has 1 atom stereocenters. The molecule has 0 aliphatic heterocycles. The van der Waals surface area contributed by atoms with Crippen LogP contribution in [0, 0.1) is 0 Å². The Kier molecular flexibility index (Phi) is 6.97. The van der Waals surface area contributed by atoms with Crippen molar-refractivity contribution in [1.82, 2.24) is 0 Å². The maximum absolute atomic E-state index is 12.0. The van der Waals surface area contributed by atoms with E-state index in [0.29, 0.717) is 15.7 Å². The molecule has 0 saturated carbocycles. The number of benzene rings is 2. The lowest BCUT2D eigenvalue weighted by atomic mass is 10.3. The van der Waals surface area contributed by atoms with Crippen LogP contribution in [0.2, 0.25) is 10.0 Å². The minimum absolute atomic E-state index is 0.354. The van der Waals surface area contributed by atoms with Gasteiger partial charge in [-0.3, -0.25) is 9.59 Å². The van der Waals surface area contributed by atoms with Crippen LogP contribution in [0.1, 0.15) is 6.92 Å². The summed E-state index contributed by atoms with van der Waals surface area (Å²) in [5.74, 6) is -0.944. The van der Waals surface area contributed by atoms with E-state index in [9.17, 15) is 9.59 Å². The third-order valence-corrected chi connectivity index (χ3v) is 4.59. The van der Waals surface area contributed by atoms with Crippen molar-refractivity contribution >= 4 is 52.5 Å². The summed E-state index contributed by atoms with van der Waals surface area (Å²) >= 11 is 13.2. The van der Waals surface area contributed by atoms with Crippen LogP contribution < -0.4 is 5.32 Å². The summed E-state index contributed by atoms with van der Waals surface area (Å²) in [5.41, 5.74) is 0.372. The zero-order valence-electron chi connectivity index (χ0n) is 12.8. The number of carbonyl (C=O) groups is 2. The lowest BCUT2D eigenvalue weighted by molar-refractivity contribution is -0.146. The second kappa shape index (κ2) is 8.97. The quantitative estimate of drug-likeness (QED) is 0.582. The molecule has 126 valence electrons. The fourth-order valence-electron chi connectivity index (χ4n) is 1.78. The fraction of sp³-hybridized carbons (Fsp3) is 0.176. The summed E-state index contributed by atoms with van der Waals surface area (Å²) < 4.78 is 5.03. The van der Waals surface area contributed by atoms with Gasteiger partial charge in [0.05, 0.1) is 10.7 Å². The molecule has 0 saturated heterocycles. The first-order chi connectivity index (χ1) is 11.5. The van der Waals surface area contributed by atoms with Crippen molar-refractivity contribution in [1.29, 1.82) is 0 Å². The third-order valence-electron chi connectivity index (χ3n) is 2.94. The SMILES string of the molecule is C[C@@H](Sc1ccccc1)C(=O)OCC(=O)Nc1cc(Cl)ccc1Cl. The number of rotatable bonds is 6. The summed E-state index contributed by atoms with van der Waals surface area (Å²) in [6.07, 6.45) is 0. The monoisotopic (exact) mass is 383 g/mol. The van der Waals surface area contributed by atoms with Crippen LogP contribution >= 0.6 is 35.0 Å². The molecule has 1 amide bonds. The van der Waals surface area contributed by atoms with E-state index in [4.69, 9.17) is 27.9 Å². The van der Waals surface area contributed by atoms with E-state index in [2.05, 4.69) is 5.32 Å². The molecule has 0 fully saturated rings. The zero-order chi connectivity index (χ0) is 17.5. The number of halogens is 2. The van der Waals surface area contributed by atoms with E-state index < -0.39 is 17.1 Å². The van der Waals surface area contributed by atoms with Crippen molar-refractivity contribution in [2.45, 2.75) is 17.1 Å². The topological polar surface area (TPSA) is 55.4 Å². The normalized spacial score (nSPS) is 11.6. The van der Waals surface area contributed by atoms with Gasteiger partial charge in [0.15, 0.2) is 6.61 Å². The number of ether oxygens (including phenoxy) is 1. The second-order valence-electron chi connectivity index (χ2n) is 4.85. The Labute approximate surface area is 154 Å². The van der Waals surface area contributed by atoms with Crippen molar-refractivity contribution in [2.75, 3.05) is 11.9 Å². The number of carbonyl (C=O) groups excluding carboxylic acids is 2. The Morgan fingerprint density at radius 2 is 1.88 bits per heavy atom. The fourth-order valence-corrected chi connectivity index (χ4v) is 3.01. The molecule has 0 bridgehead atoms. The van der Waals surface area contributed by atoms with Gasteiger partial charge in [0.25, 0.3) is 5.91 Å². The maximum Gasteiger partial charge on any atom is 0.319 e. The molecule has 0 aliphatic carbocycles. The van der Waals surface area contributed by atoms with Crippen molar-refractivity contribution in [3.63, 3.8) is 0 Å². The maximum atomic E-state index is 12.0. The standard InChI is InChI=1S/C17H15Cl2NO3S/c1-11(24-13-5-3-2-4-6-13)17(22)23-10-16(21)20-15-9-12(18)7-8-14(15)19/h2-9,11H,10H2,1H3,(H,20,21)/t11-/m1/s1. The minimum Gasteiger partial charge on any atom is -0.455 e. The van der Waals surface area contributed by atoms with Gasteiger partial charge in [-0.15, -0.1) is 11.8 Å². The summed E-state index contributed by atoms with van der Waals surface area (Å²) in [7, 11) is 0. The lowest BCUT2D eigenvalue weighted by Gasteiger charge is -2.12. The predicted molar refractivity (Wildman–Crippen MR) is 97.8 cm³/mol. The zero-order valence-corrected chi connectivity index (χ0v) is 15.1. The number of amides is 1. The number of thioether (sulfide) groups is 1. The van der Waals surface area contributed by atoms with E-state index in [-0.39, 0.29) is 6.61 Å². The first-order valence-electron chi connectivity index (χ1n) is 7.09. The first kappa shape index (κ1) is 18.6. The van der Waals surface area contributed by atoms with E-state index in [0.717, 1.165) is 4.90 Å². The van der Waals surface area contributed by atoms with Crippen LogP contribution in [0.15, 0.2) is 53.4 Å². The van der Waals surface area contributed by atoms with Crippen LogP contribution in [0.25, 0.3) is 0 Å². The van der Waals surface area contributed by atoms with Gasteiger partial charge >= 0.3 is 5.97 Å². The van der Waals surface area contributed by atoms with Crippen molar-refractivity contribution in [3.8, 4) is 0 Å². The Bertz CT molecular complexity index is 725. The lowest BCUT2D eigenvalue weighted by Crippen LogP contribution is -2.24. The van der Waals surface area contributed by atoms with Gasteiger partial charge in [0, 0.05) is 9.92 Å². The molecule has 0 unspecified atom stereocenters. The van der Waals surface area contributed by atoms with Crippen LogP contribution in [0.4, 0.5) is 5.69 Å². The van der Waals surface area contributed by atoms with Crippen molar-refractivity contribution < 1.29 is 14.3 Å². The highest BCUT2D eigenvalue weighted by Crippen LogP contribution is 2.25. The highest BCUT2D eigenvalue weighted by Gasteiger charge is 2.17. The summed E-state index contributed by atoms with van der Waals surface area (Å²) in [4.78, 5) is 24.8. The van der Waals surface area contributed by atoms with Gasteiger partial charge in [-0.2, -0.15) is 0 Å². The second-order valence-corrected chi connectivity index (χ2v) is 7.11. The molecule has 0 heterocycles. The van der Waals surface area contributed by atoms with Gasteiger partial charge in [-0.25, -0.2) is 0 Å². The van der Waals surface area contributed by atoms with Crippen LogP contribution in [0.3, 0.4) is 0 Å². The molecule has 7 heteroatoms. The number of nitrogens with one attached hydrogen (secondary N) is 1. The average Bonchev–Trinajstić information content (AvgIpc) is 2.57. The Morgan fingerprint density at radius 1 is 1.17 bits per heavy atom. The van der Waals surface area contributed by atoms with Gasteiger partial charge < -0.3 is 10.1 Å². The van der Waals surface area contributed by atoms with Gasteiger partial charge in [0.2, 0.25) is 0 Å². The Balaban J connectivity index is 1.82. The van der Waals surface area contributed by atoms with Crippen molar-refractivity contribution in [3.05, 3.63) is 58.6 Å². The first-order valence-corrected chi connectivity index (χ1v) is 8.72. The molecular formula is C17H15Cl2NO3S. The molecule has 2 aromatic carbocycles. The number of esters is 1. The van der Waals surface area contributed by atoms with Gasteiger partial charge in [-0.1, -0.05) is 41.4 Å². The number of hydrogen-bond acceptors (Lipinski definition) is 4. The molecule has 0 aliphatic rings. The summed E-state index contributed by atoms with van der Waals surface area (Å²) in [6, 6.07) is 14.2. The van der Waals surface area contributed by atoms with E-state index in [1.54, 1.807) is 19.1 Å². The minimum atomic E-state index is -0.482.